The van der Waals surface area contributed by atoms with Gasteiger partial charge in [-0.2, -0.15) is 0 Å². The lowest BCUT2D eigenvalue weighted by molar-refractivity contribution is -0.0125. The number of ether oxygens (including phenoxy) is 2. The lowest BCUT2D eigenvalue weighted by atomic mass is 9.81. The van der Waals surface area contributed by atoms with Crippen molar-refractivity contribution in [3.63, 3.8) is 0 Å². The van der Waals surface area contributed by atoms with E-state index < -0.39 is 17.3 Å². The zero-order valence-corrected chi connectivity index (χ0v) is 18.0. The molecule has 0 saturated carbocycles. The largest absolute Gasteiger partial charge is 0.488 e. The van der Waals surface area contributed by atoms with Gasteiger partial charge in [-0.3, -0.25) is 0 Å². The van der Waals surface area contributed by atoms with Crippen molar-refractivity contribution in [2.45, 2.75) is 72.2 Å². The van der Waals surface area contributed by atoms with Crippen molar-refractivity contribution in [1.29, 1.82) is 0 Å². The van der Waals surface area contributed by atoms with Crippen molar-refractivity contribution in [1.82, 2.24) is 0 Å². The van der Waals surface area contributed by atoms with Crippen LogP contribution in [-0.4, -0.2) is 16.8 Å². The van der Waals surface area contributed by atoms with Gasteiger partial charge in [0.25, 0.3) is 0 Å². The van der Waals surface area contributed by atoms with Crippen LogP contribution in [0.25, 0.3) is 17.0 Å². The van der Waals surface area contributed by atoms with Gasteiger partial charge in [0.15, 0.2) is 5.58 Å². The van der Waals surface area contributed by atoms with E-state index in [4.69, 9.17) is 13.9 Å². The second kappa shape index (κ2) is 6.91. The molecule has 0 bridgehead atoms. The van der Waals surface area contributed by atoms with Crippen molar-refractivity contribution in [3.05, 3.63) is 39.3 Å². The molecule has 1 aromatic heterocycles. The molecule has 0 aliphatic carbocycles. The Morgan fingerprint density at radius 3 is 2.62 bits per heavy atom. The Balaban J connectivity index is 2.13. The molecule has 3 heterocycles. The lowest BCUT2D eigenvalue weighted by Crippen LogP contribution is -2.39. The summed E-state index contributed by atoms with van der Waals surface area (Å²) in [7, 11) is 0. The van der Waals surface area contributed by atoms with Gasteiger partial charge in [0.2, 0.25) is 0 Å². The monoisotopic (exact) mass is 398 g/mol. The van der Waals surface area contributed by atoms with Gasteiger partial charge in [0.05, 0.1) is 22.6 Å². The van der Waals surface area contributed by atoms with Gasteiger partial charge >= 0.3 is 5.63 Å². The summed E-state index contributed by atoms with van der Waals surface area (Å²) < 4.78 is 18.5. The highest BCUT2D eigenvalue weighted by Crippen LogP contribution is 2.52. The topological polar surface area (TPSA) is 68.9 Å². The predicted molar refractivity (Wildman–Crippen MR) is 114 cm³/mol. The van der Waals surface area contributed by atoms with Crippen LogP contribution in [0.1, 0.15) is 70.8 Å². The minimum Gasteiger partial charge on any atom is -0.488 e. The minimum atomic E-state index is -0.790. The SMILES string of the molecule is CCCc1cc(=O)oc2c3c(c4c(c12)OC(C)(C)C=C4)O[C@H](C(C)C)[C@@H](C)[C@@H]3O. The van der Waals surface area contributed by atoms with Gasteiger partial charge in [0, 0.05) is 12.0 Å². The first-order valence-electron chi connectivity index (χ1n) is 10.5. The fourth-order valence-corrected chi connectivity index (χ4v) is 4.60. The summed E-state index contributed by atoms with van der Waals surface area (Å²) in [6.45, 7) is 12.2. The minimum absolute atomic E-state index is 0.131. The molecule has 1 N–H and O–H groups in total. The highest BCUT2D eigenvalue weighted by molar-refractivity contribution is 5.97. The average molecular weight is 398 g/mol. The normalized spacial score (nSPS) is 24.8. The Labute approximate surface area is 171 Å². The Bertz CT molecular complexity index is 1040. The maximum absolute atomic E-state index is 12.4. The molecule has 0 radical (unpaired) electrons. The number of rotatable bonds is 3. The summed E-state index contributed by atoms with van der Waals surface area (Å²) in [4.78, 5) is 12.4. The third-order valence-corrected chi connectivity index (χ3v) is 6.01. The van der Waals surface area contributed by atoms with E-state index in [1.807, 2.05) is 32.9 Å². The van der Waals surface area contributed by atoms with Crippen molar-refractivity contribution < 1.29 is 19.0 Å². The quantitative estimate of drug-likeness (QED) is 0.736. The predicted octanol–water partition coefficient (Wildman–Crippen LogP) is 5.02. The van der Waals surface area contributed by atoms with Gasteiger partial charge in [0.1, 0.15) is 23.2 Å². The van der Waals surface area contributed by atoms with Gasteiger partial charge in [-0.25, -0.2) is 4.79 Å². The first-order chi connectivity index (χ1) is 13.6. The molecule has 5 nitrogen and oxygen atoms in total. The van der Waals surface area contributed by atoms with Crippen LogP contribution in [0, 0.1) is 11.8 Å². The number of aliphatic hydroxyl groups is 1. The standard InChI is InChI=1S/C24H30O5/c1-7-8-14-11-16(25)27-23-17(14)22-15(9-10-24(5,6)29-22)21-18(23)19(26)13(4)20(28-21)12(2)3/h9-13,19-20,26H,7-8H2,1-6H3/t13-,19-,20+/m0/s1. The Kier molecular flexibility index (Phi) is 4.77. The molecule has 2 aliphatic heterocycles. The molecule has 5 heteroatoms. The fraction of sp³-hybridized carbons (Fsp3) is 0.542. The molecular weight excluding hydrogens is 368 g/mol. The number of hydrogen-bond donors (Lipinski definition) is 1. The van der Waals surface area contributed by atoms with E-state index in [1.54, 1.807) is 6.07 Å². The summed E-state index contributed by atoms with van der Waals surface area (Å²) >= 11 is 0. The number of aliphatic hydroxyl groups excluding tert-OH is 1. The number of hydrogen-bond acceptors (Lipinski definition) is 5. The van der Waals surface area contributed by atoms with E-state index in [2.05, 4.69) is 20.8 Å². The first kappa shape index (κ1) is 20.0. The molecule has 0 amide bonds. The van der Waals surface area contributed by atoms with Gasteiger partial charge in [-0.05, 0) is 43.9 Å². The summed E-state index contributed by atoms with van der Waals surface area (Å²) in [5, 5.41) is 12.0. The Morgan fingerprint density at radius 1 is 1.24 bits per heavy atom. The van der Waals surface area contributed by atoms with Crippen molar-refractivity contribution in [3.8, 4) is 11.5 Å². The summed E-state index contributed by atoms with van der Waals surface area (Å²) in [6.07, 6.45) is 4.68. The van der Waals surface area contributed by atoms with Crippen LogP contribution in [0.5, 0.6) is 11.5 Å². The van der Waals surface area contributed by atoms with Crippen molar-refractivity contribution >= 4 is 17.0 Å². The van der Waals surface area contributed by atoms with Crippen LogP contribution < -0.4 is 15.1 Å². The molecular formula is C24H30O5. The second-order valence-corrected chi connectivity index (χ2v) is 9.20. The molecule has 29 heavy (non-hydrogen) atoms. The highest BCUT2D eigenvalue weighted by atomic mass is 16.5. The highest BCUT2D eigenvalue weighted by Gasteiger charge is 2.42. The third kappa shape index (κ3) is 3.16. The van der Waals surface area contributed by atoms with Crippen LogP contribution in [-0.2, 0) is 6.42 Å². The Morgan fingerprint density at radius 2 is 1.97 bits per heavy atom. The van der Waals surface area contributed by atoms with E-state index >= 15 is 0 Å². The van der Waals surface area contributed by atoms with Gasteiger partial charge in [-0.15, -0.1) is 0 Å². The fourth-order valence-electron chi connectivity index (χ4n) is 4.60. The molecule has 0 saturated heterocycles. The second-order valence-electron chi connectivity index (χ2n) is 9.20. The summed E-state index contributed by atoms with van der Waals surface area (Å²) in [6, 6.07) is 1.55. The molecule has 3 atom stereocenters. The van der Waals surface area contributed by atoms with Crippen LogP contribution in [0.3, 0.4) is 0 Å². The average Bonchev–Trinajstić information content (AvgIpc) is 2.62. The molecule has 2 aliphatic rings. The van der Waals surface area contributed by atoms with E-state index in [0.717, 1.165) is 29.4 Å². The summed E-state index contributed by atoms with van der Waals surface area (Å²) in [5.41, 5.74) is 1.74. The molecule has 0 fully saturated rings. The van der Waals surface area contributed by atoms with Crippen LogP contribution in [0.2, 0.25) is 0 Å². The number of fused-ring (bicyclic) bond motifs is 6. The summed E-state index contributed by atoms with van der Waals surface area (Å²) in [5.74, 6) is 1.33. The molecule has 2 aromatic rings. The number of aryl methyl sites for hydroxylation is 1. The van der Waals surface area contributed by atoms with Gasteiger partial charge in [-0.1, -0.05) is 34.1 Å². The third-order valence-electron chi connectivity index (χ3n) is 6.01. The van der Waals surface area contributed by atoms with E-state index in [1.165, 1.54) is 0 Å². The Hall–Kier alpha value is -2.27. The first-order valence-corrected chi connectivity index (χ1v) is 10.5. The van der Waals surface area contributed by atoms with Crippen LogP contribution in [0.4, 0.5) is 0 Å². The zero-order valence-electron chi connectivity index (χ0n) is 18.0. The van der Waals surface area contributed by atoms with E-state index in [0.29, 0.717) is 22.6 Å². The molecule has 4 rings (SSSR count). The number of benzene rings is 1. The smallest absolute Gasteiger partial charge is 0.336 e. The molecule has 0 spiro atoms. The molecule has 156 valence electrons. The van der Waals surface area contributed by atoms with Crippen molar-refractivity contribution in [2.75, 3.05) is 0 Å². The maximum atomic E-state index is 12.4. The lowest BCUT2D eigenvalue weighted by Gasteiger charge is -2.40. The van der Waals surface area contributed by atoms with Gasteiger partial charge < -0.3 is 19.0 Å². The molecule has 0 unspecified atom stereocenters. The van der Waals surface area contributed by atoms with E-state index in [-0.39, 0.29) is 17.9 Å². The maximum Gasteiger partial charge on any atom is 0.336 e. The molecule has 1 aromatic carbocycles. The van der Waals surface area contributed by atoms with Crippen molar-refractivity contribution in [2.24, 2.45) is 11.8 Å². The zero-order chi connectivity index (χ0) is 21.1. The van der Waals surface area contributed by atoms with E-state index in [9.17, 15) is 9.90 Å². The van der Waals surface area contributed by atoms with Crippen LogP contribution >= 0.6 is 0 Å². The van der Waals surface area contributed by atoms with Crippen LogP contribution in [0.15, 0.2) is 21.4 Å².